The molecule has 4 heteroatoms. The normalized spacial score (nSPS) is 19.3. The quantitative estimate of drug-likeness (QED) is 0.613. The molecule has 0 spiro atoms. The van der Waals surface area contributed by atoms with E-state index < -0.39 is 0 Å². The molecule has 25 heavy (non-hydrogen) atoms. The molecule has 0 amide bonds. The van der Waals surface area contributed by atoms with Gasteiger partial charge in [-0.1, -0.05) is 23.8 Å². The van der Waals surface area contributed by atoms with Crippen molar-refractivity contribution in [3.05, 3.63) is 34.9 Å². The summed E-state index contributed by atoms with van der Waals surface area (Å²) in [5.74, 6) is 1.64. The second-order valence-electron chi connectivity index (χ2n) is 7.60. The molecule has 140 valence electrons. The molecule has 0 aromatic heterocycles. The topological polar surface area (TPSA) is 39.7 Å². The lowest BCUT2D eigenvalue weighted by molar-refractivity contribution is 0.141. The molecular weight excluding hydrogens is 308 g/mol. The minimum absolute atomic E-state index is 0.647. The first kappa shape index (κ1) is 19.8. The molecular formula is C21H36N4. The van der Waals surface area contributed by atoms with Crippen LogP contribution in [0.3, 0.4) is 0 Å². The Morgan fingerprint density at radius 2 is 2.08 bits per heavy atom. The van der Waals surface area contributed by atoms with Crippen LogP contribution in [0.15, 0.2) is 23.2 Å². The number of hydrogen-bond acceptors (Lipinski definition) is 2. The van der Waals surface area contributed by atoms with Crippen LogP contribution in [0.1, 0.15) is 50.3 Å². The van der Waals surface area contributed by atoms with Crippen LogP contribution in [-0.4, -0.2) is 43.1 Å². The fourth-order valence-corrected chi connectivity index (χ4v) is 3.50. The summed E-state index contributed by atoms with van der Waals surface area (Å²) in [6, 6.07) is 7.24. The maximum atomic E-state index is 4.79. The van der Waals surface area contributed by atoms with Gasteiger partial charge in [-0.25, -0.2) is 4.99 Å². The minimum Gasteiger partial charge on any atom is -0.357 e. The molecule has 0 saturated carbocycles. The number of benzene rings is 1. The third kappa shape index (κ3) is 6.35. The first-order chi connectivity index (χ1) is 12.0. The van der Waals surface area contributed by atoms with Crippen molar-refractivity contribution in [2.45, 2.75) is 60.0 Å². The summed E-state index contributed by atoms with van der Waals surface area (Å²) >= 11 is 0. The van der Waals surface area contributed by atoms with E-state index in [1.807, 2.05) is 0 Å². The van der Waals surface area contributed by atoms with Crippen LogP contribution in [0.4, 0.5) is 0 Å². The van der Waals surface area contributed by atoms with Crippen LogP contribution in [0.5, 0.6) is 0 Å². The zero-order valence-electron chi connectivity index (χ0n) is 16.7. The highest BCUT2D eigenvalue weighted by molar-refractivity contribution is 5.79. The number of guanidine groups is 1. The summed E-state index contributed by atoms with van der Waals surface area (Å²) in [6.07, 6.45) is 2.62. The third-order valence-electron chi connectivity index (χ3n) is 5.09. The number of hydrogen-bond donors (Lipinski definition) is 2. The highest BCUT2D eigenvalue weighted by atomic mass is 15.2. The monoisotopic (exact) mass is 344 g/mol. The number of likely N-dealkylation sites (tertiary alicyclic amines) is 1. The molecule has 2 rings (SSSR count). The number of aliphatic imine (C=N–C) groups is 1. The highest BCUT2D eigenvalue weighted by Gasteiger charge is 2.21. The van der Waals surface area contributed by atoms with Gasteiger partial charge in [0.15, 0.2) is 5.96 Å². The maximum Gasteiger partial charge on any atom is 0.191 e. The average molecular weight is 345 g/mol. The first-order valence-corrected chi connectivity index (χ1v) is 9.82. The second kappa shape index (κ2) is 9.81. The minimum atomic E-state index is 0.647. The Kier molecular flexibility index (Phi) is 7.76. The van der Waals surface area contributed by atoms with Crippen molar-refractivity contribution in [3.63, 3.8) is 0 Å². The van der Waals surface area contributed by atoms with E-state index in [-0.39, 0.29) is 0 Å². The molecule has 1 aliphatic heterocycles. The third-order valence-corrected chi connectivity index (χ3v) is 5.09. The molecule has 0 bridgehead atoms. The Morgan fingerprint density at radius 3 is 2.76 bits per heavy atom. The maximum absolute atomic E-state index is 4.79. The molecule has 4 nitrogen and oxygen atoms in total. The van der Waals surface area contributed by atoms with E-state index in [1.54, 1.807) is 0 Å². The van der Waals surface area contributed by atoms with E-state index in [9.17, 15) is 0 Å². The van der Waals surface area contributed by atoms with Crippen molar-refractivity contribution in [2.24, 2.45) is 10.9 Å². The van der Waals surface area contributed by atoms with Gasteiger partial charge in [0, 0.05) is 25.7 Å². The smallest absolute Gasteiger partial charge is 0.191 e. The van der Waals surface area contributed by atoms with E-state index in [0.29, 0.717) is 12.0 Å². The first-order valence-electron chi connectivity index (χ1n) is 9.82. The number of rotatable bonds is 6. The van der Waals surface area contributed by atoms with Crippen molar-refractivity contribution < 1.29 is 0 Å². The van der Waals surface area contributed by atoms with Gasteiger partial charge in [-0.15, -0.1) is 0 Å². The summed E-state index contributed by atoms with van der Waals surface area (Å²) in [4.78, 5) is 7.39. The Hall–Kier alpha value is -1.55. The number of piperidine rings is 1. The predicted molar refractivity (Wildman–Crippen MR) is 108 cm³/mol. The fraction of sp³-hybridized carbons (Fsp3) is 0.667. The van der Waals surface area contributed by atoms with E-state index in [1.165, 1.54) is 42.6 Å². The molecule has 1 unspecified atom stereocenters. The number of nitrogens with zero attached hydrogens (tertiary/aromatic N) is 2. The van der Waals surface area contributed by atoms with Crippen LogP contribution in [-0.2, 0) is 6.54 Å². The molecule has 1 fully saturated rings. The van der Waals surface area contributed by atoms with Gasteiger partial charge in [0.1, 0.15) is 0 Å². The van der Waals surface area contributed by atoms with Crippen molar-refractivity contribution >= 4 is 5.96 Å². The molecule has 1 heterocycles. The molecule has 1 aromatic carbocycles. The number of aryl methyl sites for hydroxylation is 2. The van der Waals surface area contributed by atoms with Gasteiger partial charge >= 0.3 is 0 Å². The van der Waals surface area contributed by atoms with Crippen molar-refractivity contribution in [3.8, 4) is 0 Å². The Labute approximate surface area is 154 Å². The largest absolute Gasteiger partial charge is 0.357 e. The lowest BCUT2D eigenvalue weighted by Gasteiger charge is -2.35. The van der Waals surface area contributed by atoms with E-state index in [0.717, 1.165) is 25.6 Å². The van der Waals surface area contributed by atoms with Crippen molar-refractivity contribution in [1.82, 2.24) is 15.5 Å². The van der Waals surface area contributed by atoms with Gasteiger partial charge in [0.2, 0.25) is 0 Å². The van der Waals surface area contributed by atoms with Gasteiger partial charge in [0.05, 0.1) is 6.54 Å². The summed E-state index contributed by atoms with van der Waals surface area (Å²) in [5, 5.41) is 6.95. The van der Waals surface area contributed by atoms with Crippen LogP contribution in [0.2, 0.25) is 0 Å². The van der Waals surface area contributed by atoms with Gasteiger partial charge in [0.25, 0.3) is 0 Å². The Morgan fingerprint density at radius 1 is 1.28 bits per heavy atom. The van der Waals surface area contributed by atoms with Gasteiger partial charge in [-0.05, 0) is 71.0 Å². The fourth-order valence-electron chi connectivity index (χ4n) is 3.50. The van der Waals surface area contributed by atoms with E-state index in [2.05, 4.69) is 68.4 Å². The SMILES string of the molecule is CCNC(=NCc1ccc(C)cc1C)NCC1CCCN(C(C)C)C1. The second-order valence-corrected chi connectivity index (χ2v) is 7.60. The highest BCUT2D eigenvalue weighted by Crippen LogP contribution is 2.17. The summed E-state index contributed by atoms with van der Waals surface area (Å²) < 4.78 is 0. The van der Waals surface area contributed by atoms with E-state index in [4.69, 9.17) is 4.99 Å². The molecule has 1 aliphatic rings. The summed E-state index contributed by atoms with van der Waals surface area (Å²) in [6.45, 7) is 16.1. The van der Waals surface area contributed by atoms with Crippen LogP contribution in [0, 0.1) is 19.8 Å². The lowest BCUT2D eigenvalue weighted by Crippen LogP contribution is -2.46. The zero-order chi connectivity index (χ0) is 18.2. The Balaban J connectivity index is 1.91. The Bertz CT molecular complexity index is 565. The van der Waals surface area contributed by atoms with Gasteiger partial charge in [-0.2, -0.15) is 0 Å². The van der Waals surface area contributed by atoms with E-state index >= 15 is 0 Å². The molecule has 1 aromatic rings. The van der Waals surface area contributed by atoms with Crippen molar-refractivity contribution in [2.75, 3.05) is 26.2 Å². The van der Waals surface area contributed by atoms with Crippen LogP contribution in [0.25, 0.3) is 0 Å². The molecule has 0 aliphatic carbocycles. The lowest BCUT2D eigenvalue weighted by atomic mass is 9.97. The molecule has 2 N–H and O–H groups in total. The van der Waals surface area contributed by atoms with Crippen molar-refractivity contribution in [1.29, 1.82) is 0 Å². The summed E-state index contributed by atoms with van der Waals surface area (Å²) in [5.41, 5.74) is 3.92. The molecule has 1 atom stereocenters. The predicted octanol–water partition coefficient (Wildman–Crippen LogP) is 3.48. The van der Waals surface area contributed by atoms with Crippen LogP contribution >= 0.6 is 0 Å². The zero-order valence-corrected chi connectivity index (χ0v) is 16.7. The van der Waals surface area contributed by atoms with Gasteiger partial charge in [-0.3, -0.25) is 0 Å². The standard InChI is InChI=1S/C21H36N4/c1-6-22-21(24-14-20-10-9-17(4)12-18(20)5)23-13-19-8-7-11-25(15-19)16(2)3/h9-10,12,16,19H,6-8,11,13-15H2,1-5H3,(H2,22,23,24). The average Bonchev–Trinajstić information content (AvgIpc) is 2.59. The summed E-state index contributed by atoms with van der Waals surface area (Å²) in [7, 11) is 0. The molecule has 0 radical (unpaired) electrons. The van der Waals surface area contributed by atoms with Crippen LogP contribution < -0.4 is 10.6 Å². The molecule has 1 saturated heterocycles. The van der Waals surface area contributed by atoms with Gasteiger partial charge < -0.3 is 15.5 Å². The number of nitrogens with one attached hydrogen (secondary N) is 2.